The fraction of sp³-hybridized carbons (Fsp3) is 0.250. The molecule has 0 aliphatic rings. The summed E-state index contributed by atoms with van der Waals surface area (Å²) in [5.74, 6) is 0.834. The summed E-state index contributed by atoms with van der Waals surface area (Å²) in [6.07, 6.45) is 0. The van der Waals surface area contributed by atoms with Gasteiger partial charge in [-0.1, -0.05) is 29.3 Å². The van der Waals surface area contributed by atoms with Crippen molar-refractivity contribution in [1.29, 1.82) is 0 Å². The van der Waals surface area contributed by atoms with Crippen LogP contribution in [-0.4, -0.2) is 13.7 Å². The van der Waals surface area contributed by atoms with E-state index >= 15 is 0 Å². The van der Waals surface area contributed by atoms with E-state index in [1.54, 1.807) is 6.07 Å². The Morgan fingerprint density at radius 1 is 1.10 bits per heavy atom. The molecule has 0 amide bonds. The second-order valence-corrected chi connectivity index (χ2v) is 6.27. The molecule has 2 aromatic rings. The molecule has 0 aliphatic heterocycles. The number of hydrogen-bond donors (Lipinski definition) is 1. The molecule has 0 heterocycles. The van der Waals surface area contributed by atoms with E-state index in [2.05, 4.69) is 21.2 Å². The molecule has 2 rings (SSSR count). The van der Waals surface area contributed by atoms with E-state index in [-0.39, 0.29) is 6.04 Å². The Bertz CT molecular complexity index is 613. The largest absolute Gasteiger partial charge is 0.493 e. The van der Waals surface area contributed by atoms with Crippen LogP contribution in [0.5, 0.6) is 5.75 Å². The second kappa shape index (κ2) is 7.50. The Balaban J connectivity index is 2.39. The zero-order chi connectivity index (χ0) is 15.4. The van der Waals surface area contributed by atoms with Crippen LogP contribution in [-0.2, 0) is 0 Å². The summed E-state index contributed by atoms with van der Waals surface area (Å²) in [6, 6.07) is 11.6. The van der Waals surface area contributed by atoms with E-state index in [4.69, 9.17) is 27.9 Å². The van der Waals surface area contributed by atoms with Gasteiger partial charge in [-0.25, -0.2) is 0 Å². The van der Waals surface area contributed by atoms with Gasteiger partial charge in [0.2, 0.25) is 0 Å². The van der Waals surface area contributed by atoms with E-state index in [1.807, 2.05) is 44.3 Å². The molecule has 2 aromatic carbocycles. The van der Waals surface area contributed by atoms with Gasteiger partial charge in [-0.3, -0.25) is 0 Å². The van der Waals surface area contributed by atoms with Crippen LogP contribution in [0.3, 0.4) is 0 Å². The van der Waals surface area contributed by atoms with E-state index in [0.717, 1.165) is 21.3 Å². The maximum absolute atomic E-state index is 6.09. The Hall–Kier alpha value is -0.740. The molecule has 5 heteroatoms. The molecule has 0 aromatic heterocycles. The van der Waals surface area contributed by atoms with Crippen LogP contribution in [0.2, 0.25) is 10.0 Å². The maximum Gasteiger partial charge on any atom is 0.133 e. The Kier molecular flexibility index (Phi) is 5.94. The molecule has 0 aliphatic carbocycles. The van der Waals surface area contributed by atoms with Gasteiger partial charge in [0.05, 0.1) is 17.1 Å². The Morgan fingerprint density at radius 2 is 1.76 bits per heavy atom. The van der Waals surface area contributed by atoms with Crippen molar-refractivity contribution in [2.75, 3.05) is 13.7 Å². The van der Waals surface area contributed by atoms with E-state index < -0.39 is 0 Å². The van der Waals surface area contributed by atoms with Crippen molar-refractivity contribution in [2.45, 2.75) is 13.0 Å². The number of rotatable bonds is 5. The number of hydrogen-bond acceptors (Lipinski definition) is 2. The predicted molar refractivity (Wildman–Crippen MR) is 92.7 cm³/mol. The second-order valence-electron chi connectivity index (χ2n) is 4.55. The first kappa shape index (κ1) is 16.6. The zero-order valence-electron chi connectivity index (χ0n) is 11.8. The average Bonchev–Trinajstić information content (AvgIpc) is 2.41. The summed E-state index contributed by atoms with van der Waals surface area (Å²) in [6.45, 7) is 2.60. The summed E-state index contributed by atoms with van der Waals surface area (Å²) in [5.41, 5.74) is 2.12. The van der Waals surface area contributed by atoms with Gasteiger partial charge in [-0.2, -0.15) is 0 Å². The molecule has 1 N–H and O–H groups in total. The molecule has 0 saturated heterocycles. The normalized spacial score (nSPS) is 12.2. The highest BCUT2D eigenvalue weighted by Gasteiger charge is 2.15. The van der Waals surface area contributed by atoms with E-state index in [0.29, 0.717) is 16.7 Å². The molecule has 1 atom stereocenters. The standard InChI is InChI=1S/C16H16BrCl2NO/c1-3-21-15-5-4-10(8-14(15)17)16(20-2)11-6-12(18)9-13(19)7-11/h4-9,16,20H,3H2,1-2H3. The molecule has 0 radical (unpaired) electrons. The first-order valence-corrected chi connectivity index (χ1v) is 8.15. The first-order valence-electron chi connectivity index (χ1n) is 6.60. The minimum atomic E-state index is 0.00757. The van der Waals surface area contributed by atoms with Crippen LogP contribution in [0.15, 0.2) is 40.9 Å². The maximum atomic E-state index is 6.09. The highest BCUT2D eigenvalue weighted by atomic mass is 79.9. The van der Waals surface area contributed by atoms with Crippen molar-refractivity contribution in [3.8, 4) is 5.75 Å². The molecule has 0 bridgehead atoms. The third kappa shape index (κ3) is 4.13. The molecule has 0 fully saturated rings. The van der Waals surface area contributed by atoms with Crippen LogP contribution in [0.1, 0.15) is 24.1 Å². The number of halogens is 3. The lowest BCUT2D eigenvalue weighted by Crippen LogP contribution is -2.17. The predicted octanol–water partition coefficient (Wildman–Crippen LogP) is 5.46. The van der Waals surface area contributed by atoms with Crippen molar-refractivity contribution in [2.24, 2.45) is 0 Å². The lowest BCUT2D eigenvalue weighted by molar-refractivity contribution is 0.338. The van der Waals surface area contributed by atoms with Crippen LogP contribution >= 0.6 is 39.1 Å². The van der Waals surface area contributed by atoms with Crippen LogP contribution in [0.25, 0.3) is 0 Å². The van der Waals surface area contributed by atoms with Crippen molar-refractivity contribution in [3.63, 3.8) is 0 Å². The SMILES string of the molecule is CCOc1ccc(C(NC)c2cc(Cl)cc(Cl)c2)cc1Br. The summed E-state index contributed by atoms with van der Waals surface area (Å²) < 4.78 is 6.47. The topological polar surface area (TPSA) is 21.3 Å². The average molecular weight is 389 g/mol. The lowest BCUT2D eigenvalue weighted by atomic mass is 9.99. The van der Waals surface area contributed by atoms with Crippen molar-refractivity contribution in [1.82, 2.24) is 5.32 Å². The van der Waals surface area contributed by atoms with Crippen LogP contribution in [0.4, 0.5) is 0 Å². The molecule has 112 valence electrons. The number of benzene rings is 2. The monoisotopic (exact) mass is 387 g/mol. The third-order valence-corrected chi connectivity index (χ3v) is 4.15. The number of nitrogens with one attached hydrogen (secondary N) is 1. The first-order chi connectivity index (χ1) is 10.0. The highest BCUT2D eigenvalue weighted by Crippen LogP contribution is 2.32. The minimum absolute atomic E-state index is 0.00757. The van der Waals surface area contributed by atoms with E-state index in [9.17, 15) is 0 Å². The Labute approximate surface area is 143 Å². The molecule has 0 spiro atoms. The van der Waals surface area contributed by atoms with Gasteiger partial charge in [-0.15, -0.1) is 0 Å². The van der Waals surface area contributed by atoms with Crippen LogP contribution < -0.4 is 10.1 Å². The Morgan fingerprint density at radius 3 is 2.29 bits per heavy atom. The molecule has 2 nitrogen and oxygen atoms in total. The highest BCUT2D eigenvalue weighted by molar-refractivity contribution is 9.10. The van der Waals surface area contributed by atoms with Crippen molar-refractivity contribution >= 4 is 39.1 Å². The smallest absolute Gasteiger partial charge is 0.133 e. The molecule has 1 unspecified atom stereocenters. The molecular weight excluding hydrogens is 373 g/mol. The van der Waals surface area contributed by atoms with Gasteiger partial charge in [0.1, 0.15) is 5.75 Å². The van der Waals surface area contributed by atoms with Gasteiger partial charge >= 0.3 is 0 Å². The summed E-state index contributed by atoms with van der Waals surface area (Å²) in [4.78, 5) is 0. The van der Waals surface area contributed by atoms with Crippen molar-refractivity contribution < 1.29 is 4.74 Å². The summed E-state index contributed by atoms with van der Waals surface area (Å²) >= 11 is 15.7. The fourth-order valence-corrected chi connectivity index (χ4v) is 3.29. The van der Waals surface area contributed by atoms with Crippen molar-refractivity contribution in [3.05, 3.63) is 62.0 Å². The van der Waals surface area contributed by atoms with E-state index in [1.165, 1.54) is 0 Å². The zero-order valence-corrected chi connectivity index (χ0v) is 14.9. The molecular formula is C16H16BrCl2NO. The lowest BCUT2D eigenvalue weighted by Gasteiger charge is -2.19. The van der Waals surface area contributed by atoms with Gasteiger partial charge in [-0.05, 0) is 71.4 Å². The third-order valence-electron chi connectivity index (χ3n) is 3.10. The molecule has 21 heavy (non-hydrogen) atoms. The summed E-state index contributed by atoms with van der Waals surface area (Å²) in [5, 5.41) is 4.54. The quantitative estimate of drug-likeness (QED) is 0.733. The van der Waals surface area contributed by atoms with Gasteiger partial charge < -0.3 is 10.1 Å². The minimum Gasteiger partial charge on any atom is -0.493 e. The van der Waals surface area contributed by atoms with Gasteiger partial charge in [0.25, 0.3) is 0 Å². The van der Waals surface area contributed by atoms with Gasteiger partial charge in [0, 0.05) is 10.0 Å². The summed E-state index contributed by atoms with van der Waals surface area (Å²) in [7, 11) is 1.91. The molecule has 0 saturated carbocycles. The number of ether oxygens (including phenoxy) is 1. The van der Waals surface area contributed by atoms with Crippen LogP contribution in [0, 0.1) is 0 Å². The fourth-order valence-electron chi connectivity index (χ4n) is 2.24. The van der Waals surface area contributed by atoms with Gasteiger partial charge in [0.15, 0.2) is 0 Å².